The van der Waals surface area contributed by atoms with Crippen LogP contribution in [-0.2, 0) is 4.74 Å². The maximum Gasteiger partial charge on any atom is 0.153 e. The molecule has 16 heavy (non-hydrogen) atoms. The molecule has 1 aliphatic rings. The summed E-state index contributed by atoms with van der Waals surface area (Å²) in [6.45, 7) is 1.48. The molecular weight excluding hydrogens is 319 g/mol. The number of carbonyl (C=O) groups excluding carboxylic acids is 1. The van der Waals surface area contributed by atoms with Gasteiger partial charge in [0.1, 0.15) is 11.9 Å². The van der Waals surface area contributed by atoms with Gasteiger partial charge in [-0.1, -0.05) is 0 Å². The van der Waals surface area contributed by atoms with E-state index in [1.165, 1.54) is 0 Å². The normalized spacial score (nSPS) is 17.1. The van der Waals surface area contributed by atoms with Gasteiger partial charge < -0.3 is 9.47 Å². The molecule has 86 valence electrons. The molecule has 0 N–H and O–H groups in total. The molecule has 1 saturated heterocycles. The minimum Gasteiger partial charge on any atom is -0.490 e. The Morgan fingerprint density at radius 1 is 1.38 bits per heavy atom. The van der Waals surface area contributed by atoms with Crippen molar-refractivity contribution >= 4 is 28.9 Å². The van der Waals surface area contributed by atoms with Crippen molar-refractivity contribution in [3.63, 3.8) is 0 Å². The molecule has 0 radical (unpaired) electrons. The SMILES string of the molecule is O=Cc1cc(I)ccc1OC1CCOCC1. The highest BCUT2D eigenvalue weighted by atomic mass is 127. The molecule has 0 bridgehead atoms. The largest absolute Gasteiger partial charge is 0.490 e. The molecule has 0 unspecified atom stereocenters. The van der Waals surface area contributed by atoms with Gasteiger partial charge in [-0.05, 0) is 40.8 Å². The first-order chi connectivity index (χ1) is 7.79. The molecular formula is C12H13IO3. The van der Waals surface area contributed by atoms with Crippen LogP contribution < -0.4 is 4.74 Å². The molecule has 2 rings (SSSR count). The van der Waals surface area contributed by atoms with Crippen molar-refractivity contribution in [1.82, 2.24) is 0 Å². The van der Waals surface area contributed by atoms with Gasteiger partial charge in [0.2, 0.25) is 0 Å². The lowest BCUT2D eigenvalue weighted by Crippen LogP contribution is -2.26. The van der Waals surface area contributed by atoms with Crippen LogP contribution in [0.3, 0.4) is 0 Å². The zero-order valence-corrected chi connectivity index (χ0v) is 11.0. The lowest BCUT2D eigenvalue weighted by atomic mass is 10.1. The number of ether oxygens (including phenoxy) is 2. The zero-order chi connectivity index (χ0) is 11.4. The minimum absolute atomic E-state index is 0.174. The Hall–Kier alpha value is -0.620. The molecule has 0 aromatic heterocycles. The van der Waals surface area contributed by atoms with Gasteiger partial charge in [-0.2, -0.15) is 0 Å². The molecule has 0 aliphatic carbocycles. The van der Waals surface area contributed by atoms with E-state index in [1.807, 2.05) is 18.2 Å². The molecule has 0 amide bonds. The van der Waals surface area contributed by atoms with Crippen LogP contribution in [0.5, 0.6) is 5.75 Å². The molecule has 1 aromatic rings. The molecule has 1 heterocycles. The Labute approximate surface area is 108 Å². The Morgan fingerprint density at radius 3 is 2.81 bits per heavy atom. The van der Waals surface area contributed by atoms with Gasteiger partial charge in [-0.3, -0.25) is 4.79 Å². The van der Waals surface area contributed by atoms with Crippen LogP contribution in [-0.4, -0.2) is 25.6 Å². The van der Waals surface area contributed by atoms with Gasteiger partial charge in [0.05, 0.1) is 18.8 Å². The van der Waals surface area contributed by atoms with Crippen LogP contribution in [0, 0.1) is 3.57 Å². The second-order valence-electron chi connectivity index (χ2n) is 3.73. The number of benzene rings is 1. The predicted octanol–water partition coefficient (Wildman–Crippen LogP) is 2.66. The summed E-state index contributed by atoms with van der Waals surface area (Å²) >= 11 is 2.18. The summed E-state index contributed by atoms with van der Waals surface area (Å²) in [6, 6.07) is 5.64. The number of carbonyl (C=O) groups is 1. The standard InChI is InChI=1S/C12H13IO3/c13-10-1-2-12(9(7-10)8-14)16-11-3-5-15-6-4-11/h1-2,7-8,11H,3-6H2. The van der Waals surface area contributed by atoms with E-state index in [2.05, 4.69) is 22.6 Å². The van der Waals surface area contributed by atoms with Crippen LogP contribution in [0.2, 0.25) is 0 Å². The van der Waals surface area contributed by atoms with Crippen molar-refractivity contribution in [2.45, 2.75) is 18.9 Å². The summed E-state index contributed by atoms with van der Waals surface area (Å²) in [5, 5.41) is 0. The Morgan fingerprint density at radius 2 is 2.12 bits per heavy atom. The van der Waals surface area contributed by atoms with E-state index in [4.69, 9.17) is 9.47 Å². The van der Waals surface area contributed by atoms with Gasteiger partial charge in [-0.25, -0.2) is 0 Å². The van der Waals surface area contributed by atoms with Crippen molar-refractivity contribution in [2.75, 3.05) is 13.2 Å². The second-order valence-corrected chi connectivity index (χ2v) is 4.98. The monoisotopic (exact) mass is 332 g/mol. The van der Waals surface area contributed by atoms with Gasteiger partial charge in [-0.15, -0.1) is 0 Å². The first-order valence-corrected chi connectivity index (χ1v) is 6.36. The third-order valence-corrected chi connectivity index (χ3v) is 3.23. The van der Waals surface area contributed by atoms with E-state index in [0.29, 0.717) is 11.3 Å². The molecule has 0 spiro atoms. The van der Waals surface area contributed by atoms with E-state index < -0.39 is 0 Å². The second kappa shape index (κ2) is 5.63. The van der Waals surface area contributed by atoms with E-state index in [9.17, 15) is 4.79 Å². The molecule has 1 aliphatic heterocycles. The van der Waals surface area contributed by atoms with Gasteiger partial charge in [0, 0.05) is 16.4 Å². The topological polar surface area (TPSA) is 35.5 Å². The third-order valence-electron chi connectivity index (χ3n) is 2.56. The zero-order valence-electron chi connectivity index (χ0n) is 8.82. The average Bonchev–Trinajstić information content (AvgIpc) is 2.33. The van der Waals surface area contributed by atoms with Crippen molar-refractivity contribution in [1.29, 1.82) is 0 Å². The summed E-state index contributed by atoms with van der Waals surface area (Å²) < 4.78 is 12.1. The number of aldehydes is 1. The summed E-state index contributed by atoms with van der Waals surface area (Å²) in [5.41, 5.74) is 0.624. The van der Waals surface area contributed by atoms with Gasteiger partial charge in [0.25, 0.3) is 0 Å². The highest BCUT2D eigenvalue weighted by molar-refractivity contribution is 14.1. The minimum atomic E-state index is 0.174. The smallest absolute Gasteiger partial charge is 0.153 e. The van der Waals surface area contributed by atoms with E-state index in [-0.39, 0.29) is 6.10 Å². The van der Waals surface area contributed by atoms with Crippen molar-refractivity contribution in [3.8, 4) is 5.75 Å². The summed E-state index contributed by atoms with van der Waals surface area (Å²) in [5.74, 6) is 0.683. The van der Waals surface area contributed by atoms with Gasteiger partial charge >= 0.3 is 0 Å². The third kappa shape index (κ3) is 2.95. The maximum absolute atomic E-state index is 10.9. The fourth-order valence-corrected chi connectivity index (χ4v) is 2.21. The first-order valence-electron chi connectivity index (χ1n) is 5.29. The lowest BCUT2D eigenvalue weighted by Gasteiger charge is -2.23. The Bertz CT molecular complexity index is 373. The molecule has 0 saturated carbocycles. The summed E-state index contributed by atoms with van der Waals surface area (Å²) in [6.07, 6.45) is 2.80. The van der Waals surface area contributed by atoms with E-state index in [0.717, 1.165) is 35.9 Å². The van der Waals surface area contributed by atoms with Gasteiger partial charge in [0.15, 0.2) is 6.29 Å². The number of hydrogen-bond donors (Lipinski definition) is 0. The number of rotatable bonds is 3. The van der Waals surface area contributed by atoms with Crippen LogP contribution in [0.4, 0.5) is 0 Å². The molecule has 1 aromatic carbocycles. The summed E-state index contributed by atoms with van der Waals surface area (Å²) in [7, 11) is 0. The summed E-state index contributed by atoms with van der Waals surface area (Å²) in [4.78, 5) is 10.9. The van der Waals surface area contributed by atoms with Crippen LogP contribution in [0.25, 0.3) is 0 Å². The Balaban J connectivity index is 2.10. The fourth-order valence-electron chi connectivity index (χ4n) is 1.69. The quantitative estimate of drug-likeness (QED) is 0.631. The van der Waals surface area contributed by atoms with Crippen LogP contribution in [0.15, 0.2) is 18.2 Å². The van der Waals surface area contributed by atoms with Crippen molar-refractivity contribution < 1.29 is 14.3 Å². The first kappa shape index (κ1) is 11.9. The highest BCUT2D eigenvalue weighted by Crippen LogP contribution is 2.23. The average molecular weight is 332 g/mol. The highest BCUT2D eigenvalue weighted by Gasteiger charge is 2.16. The van der Waals surface area contributed by atoms with E-state index >= 15 is 0 Å². The Kier molecular flexibility index (Phi) is 4.17. The molecule has 0 atom stereocenters. The lowest BCUT2D eigenvalue weighted by molar-refractivity contribution is 0.0253. The molecule has 3 nitrogen and oxygen atoms in total. The van der Waals surface area contributed by atoms with Crippen LogP contribution >= 0.6 is 22.6 Å². The van der Waals surface area contributed by atoms with E-state index in [1.54, 1.807) is 0 Å². The van der Waals surface area contributed by atoms with Crippen LogP contribution in [0.1, 0.15) is 23.2 Å². The number of hydrogen-bond acceptors (Lipinski definition) is 3. The molecule has 1 fully saturated rings. The maximum atomic E-state index is 10.9. The molecule has 4 heteroatoms. The van der Waals surface area contributed by atoms with Crippen molar-refractivity contribution in [2.24, 2.45) is 0 Å². The fraction of sp³-hybridized carbons (Fsp3) is 0.417. The predicted molar refractivity (Wildman–Crippen MR) is 69.0 cm³/mol. The number of halogens is 1. The van der Waals surface area contributed by atoms with Crippen molar-refractivity contribution in [3.05, 3.63) is 27.3 Å².